The maximum Gasteiger partial charge on any atom is 0.401 e. The number of oxime groups is 2. The van der Waals surface area contributed by atoms with Gasteiger partial charge in [0.05, 0.1) is 51.2 Å². The van der Waals surface area contributed by atoms with E-state index >= 15 is 0 Å². The normalized spacial score (nSPS) is 15.5. The van der Waals surface area contributed by atoms with Crippen LogP contribution >= 0.6 is 15.1 Å². The van der Waals surface area contributed by atoms with Gasteiger partial charge in [0.15, 0.2) is 0 Å². The third-order valence-electron chi connectivity index (χ3n) is 10.3. The number of hydrogen-bond donors (Lipinski definition) is 3. The Morgan fingerprint density at radius 2 is 1.30 bits per heavy atom. The standard InChI is InChI=1S/C23H33N2O8P.C23H36NO7PSi/c1-8-31-22(27)16(6)25-34(29,33-24-13(2)3)12-14(4)9-10-17-20(26)19-18(11-32-23(19)28)15(5)21(17)30-7;1-15(2)24-31-32(26,27)14-16(3)9-10-18-21(28-5)17(4)19-13-30-23(25)20(19)22(18)29-11-12-33(6,7)8/h9,16,26H,8,10-12H2,1-7H3,(H,25,29);9H,10-14H2,1-8H3,(H,26,27)/b14-9+;16-9+/t16-,34?;/m0./s1. The van der Waals surface area contributed by atoms with Crippen LogP contribution in [0.1, 0.15) is 109 Å². The molecule has 67 heavy (non-hydrogen) atoms. The third kappa shape index (κ3) is 15.8. The number of benzene rings is 2. The molecule has 372 valence electrons. The van der Waals surface area contributed by atoms with Crippen molar-refractivity contribution in [2.24, 2.45) is 10.3 Å². The highest BCUT2D eigenvalue weighted by molar-refractivity contribution is 7.57. The maximum absolute atomic E-state index is 13.5. The maximum atomic E-state index is 13.5. The number of phenolic OH excluding ortho intramolecular Hbond substituents is 1. The number of ether oxygens (including phenoxy) is 6. The van der Waals surface area contributed by atoms with Crippen LogP contribution in [0.2, 0.25) is 25.7 Å². The van der Waals surface area contributed by atoms with Gasteiger partial charge in [-0.1, -0.05) is 53.3 Å². The molecule has 2 aromatic rings. The molecule has 0 amide bonds. The Hall–Kier alpha value is -4.93. The van der Waals surface area contributed by atoms with Gasteiger partial charge in [-0.15, -0.1) is 0 Å². The highest BCUT2D eigenvalue weighted by Gasteiger charge is 2.35. The number of fused-ring (bicyclic) bond motifs is 2. The molecule has 0 fully saturated rings. The van der Waals surface area contributed by atoms with Gasteiger partial charge in [-0.05, 0) is 99.3 Å². The lowest BCUT2D eigenvalue weighted by Gasteiger charge is -2.21. The Labute approximate surface area is 395 Å². The van der Waals surface area contributed by atoms with Gasteiger partial charge in [-0.3, -0.25) is 9.36 Å². The first-order valence-electron chi connectivity index (χ1n) is 21.9. The van der Waals surface area contributed by atoms with Crippen molar-refractivity contribution in [3.8, 4) is 23.0 Å². The van der Waals surface area contributed by atoms with Crippen LogP contribution in [0, 0.1) is 13.8 Å². The number of hydrogen-bond acceptors (Lipinski definition) is 16. The SMILES string of the molecule is CCOC(=O)[C@H](C)NP(=O)(C/C(C)=C/Cc1c(O)c2c(c(C)c1OC)COC2=O)ON=C(C)C.COc1c(C)c2c(c(OCC[Si](C)(C)C)c1C/C=C(\C)CP(=O)(O)ON=C(C)C)C(=O)OC2. The second kappa shape index (κ2) is 24.4. The Bertz CT molecular complexity index is 2400. The molecule has 2 aromatic carbocycles. The molecule has 0 bridgehead atoms. The van der Waals surface area contributed by atoms with Gasteiger partial charge in [0.2, 0.25) is 0 Å². The molecule has 0 saturated carbocycles. The first kappa shape index (κ1) is 56.4. The predicted octanol–water partition coefficient (Wildman–Crippen LogP) is 9.49. The van der Waals surface area contributed by atoms with Crippen molar-refractivity contribution in [2.45, 2.75) is 127 Å². The second-order valence-corrected chi connectivity index (χ2v) is 27.4. The van der Waals surface area contributed by atoms with E-state index in [1.165, 1.54) is 14.0 Å². The Kier molecular flexibility index (Phi) is 20.5. The van der Waals surface area contributed by atoms with Gasteiger partial charge in [-0.2, -0.15) is 0 Å². The number of methoxy groups -OCH3 is 2. The van der Waals surface area contributed by atoms with Gasteiger partial charge in [0.1, 0.15) is 53.4 Å². The first-order chi connectivity index (χ1) is 31.2. The van der Waals surface area contributed by atoms with Crippen LogP contribution in [0.4, 0.5) is 0 Å². The van der Waals surface area contributed by atoms with E-state index in [-0.39, 0.29) is 49.9 Å². The summed E-state index contributed by atoms with van der Waals surface area (Å²) in [5.41, 5.74) is 7.09. The smallest absolute Gasteiger partial charge is 0.401 e. The summed E-state index contributed by atoms with van der Waals surface area (Å²) in [7, 11) is -5.82. The average molecular weight is 994 g/mol. The van der Waals surface area contributed by atoms with E-state index in [0.29, 0.717) is 75.1 Å². The summed E-state index contributed by atoms with van der Waals surface area (Å²) >= 11 is 0. The number of carbonyl (C=O) groups is 3. The van der Waals surface area contributed by atoms with E-state index in [9.17, 15) is 33.5 Å². The van der Waals surface area contributed by atoms with Gasteiger partial charge < -0.3 is 47.7 Å². The molecule has 3 atom stereocenters. The number of phenols is 1. The third-order valence-corrected chi connectivity index (χ3v) is 15.3. The number of esters is 3. The summed E-state index contributed by atoms with van der Waals surface area (Å²) < 4.78 is 68.7. The quantitative estimate of drug-likeness (QED) is 0.0189. The Balaban J connectivity index is 0.000000355. The molecule has 0 aromatic heterocycles. The van der Waals surface area contributed by atoms with E-state index in [2.05, 4.69) is 35.0 Å². The van der Waals surface area contributed by atoms with E-state index in [1.54, 1.807) is 68.6 Å². The average Bonchev–Trinajstić information content (AvgIpc) is 3.82. The number of cyclic esters (lactones) is 2. The monoisotopic (exact) mass is 993 g/mol. The molecule has 0 radical (unpaired) electrons. The van der Waals surface area contributed by atoms with E-state index < -0.39 is 47.1 Å². The lowest BCUT2D eigenvalue weighted by atomic mass is 9.95. The molecule has 4 rings (SSSR count). The van der Waals surface area contributed by atoms with Gasteiger partial charge in [-0.25, -0.2) is 19.2 Å². The lowest BCUT2D eigenvalue weighted by Crippen LogP contribution is -2.34. The number of allylic oxidation sites excluding steroid dienone is 4. The Morgan fingerprint density at radius 1 is 0.806 bits per heavy atom. The molecule has 21 heteroatoms. The summed E-state index contributed by atoms with van der Waals surface area (Å²) in [4.78, 5) is 46.7. The minimum Gasteiger partial charge on any atom is -0.507 e. The van der Waals surface area contributed by atoms with E-state index in [0.717, 1.165) is 22.7 Å². The van der Waals surface area contributed by atoms with Crippen LogP contribution in [-0.4, -0.2) is 93.2 Å². The molecule has 2 heterocycles. The molecular weight excluding hydrogens is 925 g/mol. The number of aromatic hydroxyl groups is 1. The number of nitrogens with zero attached hydrogens (tertiary/aromatic N) is 2. The topological polar surface area (TPSA) is 236 Å². The highest BCUT2D eigenvalue weighted by atomic mass is 31.2. The fraction of sp³-hybridized carbons (Fsp3) is 0.543. The summed E-state index contributed by atoms with van der Waals surface area (Å²) in [6, 6.07) is 0.0597. The molecule has 2 aliphatic rings. The zero-order valence-corrected chi connectivity index (χ0v) is 44.4. The van der Waals surface area contributed by atoms with Crippen LogP contribution in [0.3, 0.4) is 0 Å². The van der Waals surface area contributed by atoms with Crippen LogP contribution in [0.5, 0.6) is 23.0 Å². The summed E-state index contributed by atoms with van der Waals surface area (Å²) in [6.45, 7) is 24.9. The highest BCUT2D eigenvalue weighted by Crippen LogP contribution is 2.48. The number of nitrogens with one attached hydrogen (secondary N) is 1. The van der Waals surface area contributed by atoms with E-state index in [1.807, 2.05) is 13.0 Å². The fourth-order valence-corrected chi connectivity index (χ4v) is 10.8. The van der Waals surface area contributed by atoms with Gasteiger partial charge in [0, 0.05) is 30.3 Å². The first-order valence-corrected chi connectivity index (χ1v) is 29.1. The van der Waals surface area contributed by atoms with Crippen LogP contribution in [0.15, 0.2) is 33.6 Å². The summed E-state index contributed by atoms with van der Waals surface area (Å²) in [6.07, 6.45) is 3.91. The van der Waals surface area contributed by atoms with Crippen LogP contribution in [-0.2, 0) is 63.4 Å². The molecule has 18 nitrogen and oxygen atoms in total. The zero-order valence-electron chi connectivity index (χ0n) is 41.6. The zero-order chi connectivity index (χ0) is 50.6. The molecular formula is C46H69N3O15P2Si. The van der Waals surface area contributed by atoms with Crippen molar-refractivity contribution in [1.29, 1.82) is 0 Å². The van der Waals surface area contributed by atoms with Crippen molar-refractivity contribution in [1.82, 2.24) is 5.09 Å². The number of carbonyl (C=O) groups excluding carboxylic acids is 3. The van der Waals surface area contributed by atoms with Crippen LogP contribution in [0.25, 0.3) is 0 Å². The van der Waals surface area contributed by atoms with Gasteiger partial charge >= 0.3 is 33.0 Å². The summed E-state index contributed by atoms with van der Waals surface area (Å²) in [5.74, 6) is -0.159. The van der Waals surface area contributed by atoms with E-state index in [4.69, 9.17) is 37.7 Å². The molecule has 2 aliphatic heterocycles. The molecule has 2 unspecified atom stereocenters. The molecule has 0 saturated heterocycles. The van der Waals surface area contributed by atoms with Crippen molar-refractivity contribution >= 4 is 52.5 Å². The predicted molar refractivity (Wildman–Crippen MR) is 260 cm³/mol. The molecule has 0 aliphatic carbocycles. The molecule has 3 N–H and O–H groups in total. The van der Waals surface area contributed by atoms with Crippen molar-refractivity contribution in [3.05, 3.63) is 67.8 Å². The lowest BCUT2D eigenvalue weighted by molar-refractivity contribution is -0.144. The van der Waals surface area contributed by atoms with Gasteiger partial charge in [0.25, 0.3) is 0 Å². The minimum absolute atomic E-state index is 0.0530. The fourth-order valence-electron chi connectivity index (χ4n) is 7.02. The minimum atomic E-state index is -3.91. The van der Waals surface area contributed by atoms with Crippen molar-refractivity contribution in [3.63, 3.8) is 0 Å². The van der Waals surface area contributed by atoms with Crippen molar-refractivity contribution < 1.29 is 71.2 Å². The second-order valence-electron chi connectivity index (χ2n) is 17.9. The summed E-state index contributed by atoms with van der Waals surface area (Å²) in [5, 5.41) is 20.9. The number of rotatable bonds is 22. The molecule has 0 spiro atoms. The Morgan fingerprint density at radius 3 is 1.82 bits per heavy atom. The van der Waals surface area contributed by atoms with Crippen LogP contribution < -0.4 is 19.3 Å². The largest absolute Gasteiger partial charge is 0.507 e. The van der Waals surface area contributed by atoms with Crippen molar-refractivity contribution in [2.75, 3.05) is 39.8 Å².